The molecule has 11 heteroatoms. The minimum atomic E-state index is -0.674. The Hall–Kier alpha value is -3.92. The number of fused-ring (bicyclic) bond motifs is 1. The van der Waals surface area contributed by atoms with E-state index in [1.165, 1.54) is 18.4 Å². The number of allylic oxidation sites excluding steroid dienone is 1. The number of halogens is 2. The molecule has 42 heavy (non-hydrogen) atoms. The molecule has 5 rings (SSSR count). The largest absolute Gasteiger partial charge is 0.465 e. The van der Waals surface area contributed by atoms with Gasteiger partial charge in [0.1, 0.15) is 11.5 Å². The minimum Gasteiger partial charge on any atom is -0.465 e. The summed E-state index contributed by atoms with van der Waals surface area (Å²) in [6, 6.07) is 14.9. The maximum Gasteiger partial charge on any atom is 0.339 e. The van der Waals surface area contributed by atoms with E-state index in [2.05, 4.69) is 0 Å². The fraction of sp³-hybridized carbons (Fsp3) is 0.226. The van der Waals surface area contributed by atoms with Crippen LogP contribution in [0.4, 0.5) is 0 Å². The smallest absolute Gasteiger partial charge is 0.339 e. The predicted octanol–water partition coefficient (Wildman–Crippen LogP) is 5.46. The molecule has 1 aliphatic rings. The van der Waals surface area contributed by atoms with Gasteiger partial charge in [0.05, 0.1) is 39.5 Å². The number of thiazole rings is 1. The first-order valence-electron chi connectivity index (χ1n) is 13.2. The molecular formula is C31H27Cl2N3O5S. The molecule has 0 N–H and O–H groups in total. The van der Waals surface area contributed by atoms with Crippen LogP contribution in [0.15, 0.2) is 80.1 Å². The number of hydrogen-bond donors (Lipinski definition) is 0. The maximum atomic E-state index is 13.9. The van der Waals surface area contributed by atoms with E-state index in [4.69, 9.17) is 37.3 Å². The van der Waals surface area contributed by atoms with Crippen molar-refractivity contribution in [2.24, 2.45) is 4.99 Å². The summed E-state index contributed by atoms with van der Waals surface area (Å²) in [5.41, 5.74) is 2.30. The molecular weight excluding hydrogens is 597 g/mol. The summed E-state index contributed by atoms with van der Waals surface area (Å²) < 4.78 is 12.8. The van der Waals surface area contributed by atoms with Gasteiger partial charge < -0.3 is 14.1 Å². The zero-order valence-electron chi connectivity index (χ0n) is 23.3. The van der Waals surface area contributed by atoms with E-state index in [0.29, 0.717) is 55.8 Å². The van der Waals surface area contributed by atoms with Crippen molar-refractivity contribution >= 4 is 52.5 Å². The van der Waals surface area contributed by atoms with Crippen LogP contribution in [-0.2, 0) is 9.53 Å². The van der Waals surface area contributed by atoms with Gasteiger partial charge in [-0.1, -0.05) is 46.7 Å². The molecule has 0 bridgehead atoms. The molecule has 0 saturated heterocycles. The van der Waals surface area contributed by atoms with Gasteiger partial charge in [-0.2, -0.15) is 0 Å². The molecule has 1 atom stereocenters. The van der Waals surface area contributed by atoms with Gasteiger partial charge in [-0.05, 0) is 68.8 Å². The van der Waals surface area contributed by atoms with E-state index in [1.807, 2.05) is 26.0 Å². The maximum absolute atomic E-state index is 13.9. The molecule has 216 valence electrons. The average Bonchev–Trinajstić information content (AvgIpc) is 3.57. The fourth-order valence-electron chi connectivity index (χ4n) is 4.90. The molecule has 0 fully saturated rings. The van der Waals surface area contributed by atoms with E-state index >= 15 is 0 Å². The van der Waals surface area contributed by atoms with Crippen molar-refractivity contribution in [1.82, 2.24) is 9.47 Å². The number of rotatable bonds is 7. The van der Waals surface area contributed by atoms with Gasteiger partial charge in [-0.3, -0.25) is 14.2 Å². The van der Waals surface area contributed by atoms with Crippen LogP contribution in [0.5, 0.6) is 0 Å². The second-order valence-electron chi connectivity index (χ2n) is 9.50. The summed E-state index contributed by atoms with van der Waals surface area (Å²) in [7, 11) is 1.29. The third kappa shape index (κ3) is 5.47. The zero-order chi connectivity index (χ0) is 30.1. The number of hydrogen-bond acceptors (Lipinski definition) is 7. The van der Waals surface area contributed by atoms with Gasteiger partial charge in [-0.25, -0.2) is 9.79 Å². The second kappa shape index (κ2) is 12.1. The van der Waals surface area contributed by atoms with Crippen LogP contribution in [0.2, 0.25) is 10.0 Å². The lowest BCUT2D eigenvalue weighted by molar-refractivity contribution is -0.127. The molecule has 2 aromatic carbocycles. The van der Waals surface area contributed by atoms with Gasteiger partial charge >= 0.3 is 5.97 Å². The summed E-state index contributed by atoms with van der Waals surface area (Å²) in [4.78, 5) is 46.6. The lowest BCUT2D eigenvalue weighted by Crippen LogP contribution is -2.43. The molecule has 4 aromatic rings. The lowest BCUT2D eigenvalue weighted by atomic mass is 9.94. The second-order valence-corrected chi connectivity index (χ2v) is 11.4. The van der Waals surface area contributed by atoms with Crippen molar-refractivity contribution in [2.45, 2.75) is 26.8 Å². The Morgan fingerprint density at radius 3 is 2.48 bits per heavy atom. The number of nitrogens with zero attached hydrogens (tertiary/aromatic N) is 3. The van der Waals surface area contributed by atoms with Crippen molar-refractivity contribution in [2.75, 3.05) is 20.2 Å². The van der Waals surface area contributed by atoms with E-state index in [0.717, 1.165) is 5.56 Å². The average molecular weight is 625 g/mol. The first-order valence-corrected chi connectivity index (χ1v) is 14.8. The van der Waals surface area contributed by atoms with E-state index in [1.54, 1.807) is 64.9 Å². The van der Waals surface area contributed by atoms with Crippen LogP contribution in [-0.4, -0.2) is 41.5 Å². The topological polar surface area (TPSA) is 94.1 Å². The molecule has 0 saturated carbocycles. The van der Waals surface area contributed by atoms with Crippen molar-refractivity contribution in [1.29, 1.82) is 0 Å². The fourth-order valence-corrected chi connectivity index (χ4v) is 6.24. The van der Waals surface area contributed by atoms with E-state index < -0.39 is 12.0 Å². The zero-order valence-corrected chi connectivity index (χ0v) is 25.6. The molecule has 1 amide bonds. The molecule has 3 heterocycles. The van der Waals surface area contributed by atoms with Crippen LogP contribution >= 0.6 is 34.5 Å². The Labute approximate surface area is 255 Å². The minimum absolute atomic E-state index is 0.166. The number of methoxy groups -OCH3 is 1. The van der Waals surface area contributed by atoms with Gasteiger partial charge in [0, 0.05) is 29.8 Å². The number of ether oxygens (including phenoxy) is 1. The summed E-state index contributed by atoms with van der Waals surface area (Å²) in [6.07, 6.45) is 1.65. The van der Waals surface area contributed by atoms with Gasteiger partial charge in [0.2, 0.25) is 0 Å². The highest BCUT2D eigenvalue weighted by Gasteiger charge is 2.34. The highest BCUT2D eigenvalue weighted by molar-refractivity contribution is 7.07. The number of carbonyl (C=O) groups excluding carboxylic acids is 2. The summed E-state index contributed by atoms with van der Waals surface area (Å²) >= 11 is 13.5. The number of carbonyl (C=O) groups is 2. The first-order chi connectivity index (χ1) is 20.2. The van der Waals surface area contributed by atoms with Crippen LogP contribution < -0.4 is 14.9 Å². The highest BCUT2D eigenvalue weighted by Crippen LogP contribution is 2.32. The normalized spacial score (nSPS) is 14.9. The SMILES string of the molecule is CCN(CC)C(=O)C1=C(C)N=c2s/c(=C/c3ccc(-c4ccc(Cl)c(C(=O)OC)c4)o3)c(=O)n2[C@@H]1c1ccc(Cl)cc1. The number of likely N-dealkylation sites (N-methyl/N-ethyl adjacent to an activating group) is 1. The third-order valence-electron chi connectivity index (χ3n) is 7.04. The van der Waals surface area contributed by atoms with Crippen LogP contribution in [0.1, 0.15) is 48.5 Å². The number of aromatic nitrogens is 1. The number of furan rings is 1. The van der Waals surface area contributed by atoms with Gasteiger partial charge in [-0.15, -0.1) is 0 Å². The molecule has 0 aliphatic carbocycles. The lowest BCUT2D eigenvalue weighted by Gasteiger charge is -2.29. The van der Waals surface area contributed by atoms with Gasteiger partial charge in [0.15, 0.2) is 4.80 Å². The molecule has 0 unspecified atom stereocenters. The van der Waals surface area contributed by atoms with Crippen LogP contribution in [0.25, 0.3) is 17.4 Å². The van der Waals surface area contributed by atoms with Gasteiger partial charge in [0.25, 0.3) is 11.5 Å². The van der Waals surface area contributed by atoms with Crippen LogP contribution in [0.3, 0.4) is 0 Å². The Balaban J connectivity index is 1.61. The van der Waals surface area contributed by atoms with Crippen molar-refractivity contribution in [3.63, 3.8) is 0 Å². The Bertz CT molecular complexity index is 1900. The van der Waals surface area contributed by atoms with Crippen molar-refractivity contribution < 1.29 is 18.7 Å². The third-order valence-corrected chi connectivity index (χ3v) is 8.61. The Morgan fingerprint density at radius 2 is 1.81 bits per heavy atom. The first kappa shape index (κ1) is 29.6. The summed E-state index contributed by atoms with van der Waals surface area (Å²) in [5, 5.41) is 0.819. The Kier molecular flexibility index (Phi) is 8.54. The molecule has 0 radical (unpaired) electrons. The van der Waals surface area contributed by atoms with Crippen molar-refractivity contribution in [3.8, 4) is 11.3 Å². The van der Waals surface area contributed by atoms with E-state index in [-0.39, 0.29) is 22.1 Å². The quantitative estimate of drug-likeness (QED) is 0.255. The van der Waals surface area contributed by atoms with E-state index in [9.17, 15) is 14.4 Å². The number of esters is 1. The highest BCUT2D eigenvalue weighted by atomic mass is 35.5. The molecule has 8 nitrogen and oxygen atoms in total. The number of amides is 1. The van der Waals surface area contributed by atoms with Crippen molar-refractivity contribution in [3.05, 3.63) is 112 Å². The molecule has 2 aromatic heterocycles. The standard InChI is InChI=1S/C31H27Cl2N3O5S/c1-5-35(6-2)29(38)26-17(3)34-31-36(27(26)18-7-10-20(32)11-8-18)28(37)25(42-31)16-21-12-14-24(41-21)19-9-13-23(33)22(15-19)30(39)40-4/h7-16,27H,5-6H2,1-4H3/b25-16+/t27-/m1/s1. The Morgan fingerprint density at radius 1 is 1.10 bits per heavy atom. The molecule has 0 spiro atoms. The predicted molar refractivity (Wildman–Crippen MR) is 164 cm³/mol. The summed E-state index contributed by atoms with van der Waals surface area (Å²) in [6.45, 7) is 6.69. The van der Waals surface area contributed by atoms with Crippen LogP contribution in [0, 0.1) is 0 Å². The monoisotopic (exact) mass is 623 g/mol. The number of benzene rings is 2. The molecule has 1 aliphatic heterocycles. The summed E-state index contributed by atoms with van der Waals surface area (Å²) in [5.74, 6) is 0.195.